The Labute approximate surface area is 462 Å². The molecule has 9 aromatic rings. The van der Waals surface area contributed by atoms with Crippen LogP contribution in [0.3, 0.4) is 0 Å². The number of aromatic nitrogens is 8. The van der Waals surface area contributed by atoms with Crippen molar-refractivity contribution in [1.82, 2.24) is 55.8 Å². The number of amides is 3. The Balaban J connectivity index is 0.000000174. The molecule has 0 saturated carbocycles. The molecule has 0 bridgehead atoms. The predicted octanol–water partition coefficient (Wildman–Crippen LogP) is 9.03. The van der Waals surface area contributed by atoms with E-state index in [0.717, 1.165) is 50.8 Å². The largest absolute Gasteiger partial charge is 0.504 e. The number of carbonyl (C=O) groups is 3. The average molecular weight is 1110 g/mol. The van der Waals surface area contributed by atoms with Crippen LogP contribution in [0, 0.1) is 65.9 Å². The third kappa shape index (κ3) is 13.6. The summed E-state index contributed by atoms with van der Waals surface area (Å²) < 4.78 is 40.0. The maximum Gasteiger partial charge on any atom is 0.268 e. The Morgan fingerprint density at radius 2 is 1.09 bits per heavy atom. The van der Waals surface area contributed by atoms with E-state index in [1.807, 2.05) is 32.9 Å². The lowest BCUT2D eigenvalue weighted by Gasteiger charge is -2.17. The van der Waals surface area contributed by atoms with Crippen molar-refractivity contribution >= 4 is 47.0 Å². The number of nitrogens with one attached hydrogen (secondary N) is 6. The molecular weight excluding hydrogens is 1050 g/mol. The summed E-state index contributed by atoms with van der Waals surface area (Å²) in [5.74, 6) is -1.99. The van der Waals surface area contributed by atoms with Gasteiger partial charge in [0, 0.05) is 58.1 Å². The second-order valence-corrected chi connectivity index (χ2v) is 19.0. The zero-order valence-electron chi connectivity index (χ0n) is 44.5. The van der Waals surface area contributed by atoms with Gasteiger partial charge >= 0.3 is 0 Å². The van der Waals surface area contributed by atoms with Gasteiger partial charge in [0.1, 0.15) is 45.9 Å². The number of aromatic amines is 3. The number of rotatable bonds is 13. The van der Waals surface area contributed by atoms with Crippen LogP contribution in [-0.4, -0.2) is 74.4 Å². The Bertz CT molecular complexity index is 3570. The Morgan fingerprint density at radius 1 is 0.613 bits per heavy atom. The van der Waals surface area contributed by atoms with E-state index < -0.39 is 11.9 Å². The third-order valence-corrected chi connectivity index (χ3v) is 13.1. The maximum atomic E-state index is 14.1. The van der Waals surface area contributed by atoms with E-state index in [0.29, 0.717) is 61.6 Å². The van der Waals surface area contributed by atoms with Crippen LogP contribution in [0.1, 0.15) is 93.5 Å². The van der Waals surface area contributed by atoms with Crippen molar-refractivity contribution < 1.29 is 37.8 Å². The molecule has 3 aromatic carbocycles. The summed E-state index contributed by atoms with van der Waals surface area (Å²) in [6.07, 6.45) is 3.94. The van der Waals surface area contributed by atoms with Crippen LogP contribution in [-0.2, 0) is 13.1 Å². The second kappa shape index (κ2) is 25.3. The molecular formula is C57H58ClF3N14O5. The monoisotopic (exact) mass is 1110 g/mol. The number of aliphatic hydroxyl groups is 1. The number of nitrogens with two attached hydrogens (primary N) is 3. The van der Waals surface area contributed by atoms with Crippen molar-refractivity contribution in [2.45, 2.75) is 67.6 Å². The zero-order chi connectivity index (χ0) is 58.1. The lowest BCUT2D eigenvalue weighted by Crippen LogP contribution is -2.31. The normalized spacial score (nSPS) is 11.2. The number of H-pyrrole nitrogens is 3. The van der Waals surface area contributed by atoms with E-state index in [1.165, 1.54) is 30.5 Å². The first-order valence-electron chi connectivity index (χ1n) is 24.7. The highest BCUT2D eigenvalue weighted by Crippen LogP contribution is 2.35. The molecule has 19 nitrogen and oxygen atoms in total. The number of hydrogen-bond donors (Lipinski definition) is 11. The van der Waals surface area contributed by atoms with Gasteiger partial charge in [0.2, 0.25) is 11.9 Å². The fourth-order valence-corrected chi connectivity index (χ4v) is 9.12. The van der Waals surface area contributed by atoms with E-state index in [1.54, 1.807) is 76.4 Å². The van der Waals surface area contributed by atoms with Crippen LogP contribution in [0.25, 0.3) is 33.6 Å². The number of aromatic hydroxyl groups is 1. The highest BCUT2D eigenvalue weighted by Gasteiger charge is 2.25. The van der Waals surface area contributed by atoms with E-state index >= 15 is 0 Å². The lowest BCUT2D eigenvalue weighted by molar-refractivity contribution is 0.0908. The van der Waals surface area contributed by atoms with Crippen LogP contribution in [0.2, 0.25) is 5.02 Å². The minimum atomic E-state index is -0.623. The molecule has 6 heterocycles. The fourth-order valence-electron chi connectivity index (χ4n) is 8.92. The van der Waals surface area contributed by atoms with Crippen LogP contribution < -0.4 is 33.2 Å². The van der Waals surface area contributed by atoms with Crippen LogP contribution in [0.15, 0.2) is 97.5 Å². The number of halogens is 4. The molecule has 0 radical (unpaired) electrons. The molecule has 6 aromatic heterocycles. The van der Waals surface area contributed by atoms with Gasteiger partial charge in [0.15, 0.2) is 11.6 Å². The minimum Gasteiger partial charge on any atom is -0.504 e. The number of carbonyl (C=O) groups excluding carboxylic acids is 3. The van der Waals surface area contributed by atoms with Gasteiger partial charge in [-0.2, -0.15) is 0 Å². The van der Waals surface area contributed by atoms with Crippen LogP contribution in [0.4, 0.5) is 30.9 Å². The van der Waals surface area contributed by atoms with Gasteiger partial charge < -0.3 is 58.3 Å². The zero-order valence-corrected chi connectivity index (χ0v) is 45.3. The molecule has 0 aliphatic heterocycles. The SMILES string of the molecule is Cc1[nH]c(C(=O)NCc2ccc(F)cc2)c(C)c1-c1nc(N)ncc1F.Cc1[nH]c(C(=O)NCc2ccc(F)cc2)c(C)c1-c1nc(N)ncc1O.Cc1cnc(N)cc1-c1c(C)[nH]c(C(=O)N[C@H](CO)c2cccc(Cl)c2)c1C. The van der Waals surface area contributed by atoms with Gasteiger partial charge in [0.25, 0.3) is 17.7 Å². The quantitative estimate of drug-likeness (QED) is 0.0514. The number of aryl methyl sites for hydroxylation is 4. The standard InChI is InChI=1S/C21H23ClN4O2.C18H17F2N5O.C18H18FN5O2/c1-11-9-24-18(23)8-16(11)19-12(2)20(25-13(19)3)21(28)26-17(10-27)14-5-4-6-15(22)7-14;1-9-14(16-13(20)8-23-18(21)25-16)10(2)24-15(9)17(26)22-7-11-3-5-12(19)6-4-11;1-9-14(16-13(25)8-22-18(20)24-16)10(2)23-15(9)17(26)21-7-11-3-5-12(19)6-4-11/h4-9,17,25,27H,10H2,1-3H3,(H2,23,24)(H,26,28);3-6,8,24H,7H2,1-2H3,(H,22,26)(H2,21,23,25);3-6,8,23,25H,7H2,1-2H3,(H,21,26)(H2,20,22,24)/t17-;;/m1../s1. The number of nitrogens with zero attached hydrogens (tertiary/aromatic N) is 5. The summed E-state index contributed by atoms with van der Waals surface area (Å²) in [7, 11) is 0. The first kappa shape index (κ1) is 58.1. The predicted molar refractivity (Wildman–Crippen MR) is 300 cm³/mol. The summed E-state index contributed by atoms with van der Waals surface area (Å²) in [6, 6.07) is 20.0. The molecule has 14 N–H and O–H groups in total. The van der Waals surface area contributed by atoms with Crippen molar-refractivity contribution in [2.24, 2.45) is 0 Å². The molecule has 9 rings (SSSR count). The van der Waals surface area contributed by atoms with E-state index in [2.05, 4.69) is 55.8 Å². The topological polar surface area (TPSA) is 318 Å². The average Bonchev–Trinajstić information content (AvgIpc) is 4.16. The molecule has 3 amide bonds. The van der Waals surface area contributed by atoms with Crippen molar-refractivity contribution in [3.05, 3.63) is 193 Å². The molecule has 414 valence electrons. The molecule has 0 aliphatic rings. The van der Waals surface area contributed by atoms with Gasteiger partial charge in [-0.25, -0.2) is 38.1 Å². The third-order valence-electron chi connectivity index (χ3n) is 12.9. The highest BCUT2D eigenvalue weighted by atomic mass is 35.5. The van der Waals surface area contributed by atoms with E-state index in [4.69, 9.17) is 28.8 Å². The smallest absolute Gasteiger partial charge is 0.268 e. The Hall–Kier alpha value is -9.54. The van der Waals surface area contributed by atoms with Gasteiger partial charge in [-0.05, 0) is 135 Å². The molecule has 0 saturated heterocycles. The maximum absolute atomic E-state index is 14.1. The highest BCUT2D eigenvalue weighted by molar-refractivity contribution is 6.30. The van der Waals surface area contributed by atoms with Gasteiger partial charge in [-0.3, -0.25) is 14.4 Å². The van der Waals surface area contributed by atoms with Gasteiger partial charge in [-0.1, -0.05) is 48.0 Å². The number of anilines is 3. The Morgan fingerprint density at radius 3 is 1.61 bits per heavy atom. The first-order valence-corrected chi connectivity index (χ1v) is 25.0. The number of aliphatic hydroxyl groups excluding tert-OH is 1. The first-order chi connectivity index (χ1) is 38.0. The van der Waals surface area contributed by atoms with E-state index in [9.17, 15) is 37.8 Å². The molecule has 0 fully saturated rings. The molecule has 23 heteroatoms. The van der Waals surface area contributed by atoms with E-state index in [-0.39, 0.29) is 78.1 Å². The van der Waals surface area contributed by atoms with Crippen molar-refractivity contribution in [2.75, 3.05) is 23.8 Å². The number of benzene rings is 3. The molecule has 0 unspecified atom stereocenters. The lowest BCUT2D eigenvalue weighted by atomic mass is 9.98. The van der Waals surface area contributed by atoms with Crippen molar-refractivity contribution in [3.63, 3.8) is 0 Å². The van der Waals surface area contributed by atoms with Gasteiger partial charge in [0.05, 0.1) is 25.0 Å². The molecule has 80 heavy (non-hydrogen) atoms. The van der Waals surface area contributed by atoms with Gasteiger partial charge in [-0.15, -0.1) is 0 Å². The van der Waals surface area contributed by atoms with Crippen molar-refractivity contribution in [3.8, 4) is 39.4 Å². The molecule has 1 atom stereocenters. The summed E-state index contributed by atoms with van der Waals surface area (Å²) in [4.78, 5) is 66.5. The molecule has 0 spiro atoms. The number of nitrogen functional groups attached to an aromatic ring is 3. The van der Waals surface area contributed by atoms with Crippen LogP contribution >= 0.6 is 11.6 Å². The number of hydrogen-bond acceptors (Lipinski definition) is 13. The number of pyridine rings is 1. The summed E-state index contributed by atoms with van der Waals surface area (Å²) in [5, 5.41) is 28.7. The Kier molecular flexibility index (Phi) is 18.4. The summed E-state index contributed by atoms with van der Waals surface area (Å²) in [6.45, 7) is 13.0. The fraction of sp³-hybridized carbons (Fsp3) is 0.193. The summed E-state index contributed by atoms with van der Waals surface area (Å²) in [5.41, 5.74) is 28.7. The summed E-state index contributed by atoms with van der Waals surface area (Å²) >= 11 is 6.03. The van der Waals surface area contributed by atoms with Crippen LogP contribution in [0.5, 0.6) is 5.75 Å². The van der Waals surface area contributed by atoms with Crippen molar-refractivity contribution in [1.29, 1.82) is 0 Å². The molecule has 0 aliphatic carbocycles. The second-order valence-electron chi connectivity index (χ2n) is 18.6. The minimum absolute atomic E-state index is 0.0279.